The normalized spacial score (nSPS) is 12.7. The summed E-state index contributed by atoms with van der Waals surface area (Å²) in [6.07, 6.45) is 6.54. The summed E-state index contributed by atoms with van der Waals surface area (Å²) in [5.41, 5.74) is 7.38. The first-order chi connectivity index (χ1) is 13.5. The molecule has 0 radical (unpaired) electrons. The van der Waals surface area contributed by atoms with Crippen LogP contribution in [0, 0.1) is 12.8 Å². The lowest BCUT2D eigenvalue weighted by molar-refractivity contribution is 0.279. The van der Waals surface area contributed by atoms with Gasteiger partial charge >= 0.3 is 0 Å². The molecule has 0 aliphatic rings. The van der Waals surface area contributed by atoms with Gasteiger partial charge in [0.25, 0.3) is 0 Å². The van der Waals surface area contributed by atoms with E-state index in [0.29, 0.717) is 5.92 Å². The van der Waals surface area contributed by atoms with Gasteiger partial charge in [-0.25, -0.2) is 0 Å². The maximum atomic E-state index is 6.09. The molecule has 0 amide bonds. The van der Waals surface area contributed by atoms with Crippen molar-refractivity contribution in [2.75, 3.05) is 11.9 Å². The smallest absolute Gasteiger partial charge is 0.122 e. The number of nitrogens with one attached hydrogen (secondary N) is 1. The Hall–Kier alpha value is -2.22. The van der Waals surface area contributed by atoms with E-state index in [0.717, 1.165) is 31.6 Å². The van der Waals surface area contributed by atoms with Gasteiger partial charge in [0.1, 0.15) is 5.75 Å². The quantitative estimate of drug-likeness (QED) is 0.455. The molecular formula is C26H37NO. The zero-order chi connectivity index (χ0) is 20.5. The van der Waals surface area contributed by atoms with E-state index in [9.17, 15) is 0 Å². The first-order valence-corrected chi connectivity index (χ1v) is 10.8. The second-order valence-electron chi connectivity index (χ2n) is 7.78. The highest BCUT2D eigenvalue weighted by Crippen LogP contribution is 2.30. The Morgan fingerprint density at radius 2 is 1.79 bits per heavy atom. The summed E-state index contributed by atoms with van der Waals surface area (Å²) in [7, 11) is 0. The number of hydrogen-bond acceptors (Lipinski definition) is 2. The maximum absolute atomic E-state index is 6.09. The van der Waals surface area contributed by atoms with Gasteiger partial charge in [-0.2, -0.15) is 0 Å². The lowest BCUT2D eigenvalue weighted by Gasteiger charge is -2.15. The summed E-state index contributed by atoms with van der Waals surface area (Å²) in [5.74, 6) is 1.75. The summed E-state index contributed by atoms with van der Waals surface area (Å²) in [6, 6.07) is 13.2. The van der Waals surface area contributed by atoms with Gasteiger partial charge in [-0.3, -0.25) is 0 Å². The molecule has 0 fully saturated rings. The second-order valence-corrected chi connectivity index (χ2v) is 7.78. The lowest BCUT2D eigenvalue weighted by atomic mass is 9.99. The minimum absolute atomic E-state index is 0.716. The Morgan fingerprint density at radius 1 is 1.07 bits per heavy atom. The molecule has 0 heterocycles. The van der Waals surface area contributed by atoms with Gasteiger partial charge in [-0.15, -0.1) is 0 Å². The van der Waals surface area contributed by atoms with Crippen molar-refractivity contribution in [2.24, 2.45) is 5.92 Å². The maximum Gasteiger partial charge on any atom is 0.122 e. The fourth-order valence-corrected chi connectivity index (χ4v) is 3.26. The minimum Gasteiger partial charge on any atom is -0.493 e. The van der Waals surface area contributed by atoms with Crippen LogP contribution in [0.25, 0.3) is 11.1 Å². The van der Waals surface area contributed by atoms with Gasteiger partial charge in [0, 0.05) is 11.4 Å². The van der Waals surface area contributed by atoms with Crippen LogP contribution in [-0.2, 0) is 6.42 Å². The largest absolute Gasteiger partial charge is 0.493 e. The SMILES string of the molecule is CC/C=C(/C)Nc1cc(-c2ccc(OCCC(C)CC)c(CC)c2)ccc1C. The van der Waals surface area contributed by atoms with E-state index in [1.54, 1.807) is 0 Å². The van der Waals surface area contributed by atoms with Gasteiger partial charge in [0.05, 0.1) is 6.61 Å². The van der Waals surface area contributed by atoms with Crippen LogP contribution in [0.5, 0.6) is 5.75 Å². The predicted octanol–water partition coefficient (Wildman–Crippen LogP) is 7.77. The van der Waals surface area contributed by atoms with Crippen molar-refractivity contribution < 1.29 is 4.74 Å². The summed E-state index contributed by atoms with van der Waals surface area (Å²) >= 11 is 0. The van der Waals surface area contributed by atoms with E-state index in [1.165, 1.54) is 40.1 Å². The van der Waals surface area contributed by atoms with E-state index >= 15 is 0 Å². The highest BCUT2D eigenvalue weighted by molar-refractivity contribution is 5.72. The van der Waals surface area contributed by atoms with E-state index in [2.05, 4.69) is 89.3 Å². The summed E-state index contributed by atoms with van der Waals surface area (Å²) in [4.78, 5) is 0. The van der Waals surface area contributed by atoms with Crippen molar-refractivity contribution in [1.82, 2.24) is 0 Å². The molecule has 2 nitrogen and oxygen atoms in total. The molecule has 0 aromatic heterocycles. The van der Waals surface area contributed by atoms with Gasteiger partial charge in [-0.05, 0) is 79.5 Å². The average molecular weight is 380 g/mol. The number of benzene rings is 2. The molecule has 2 rings (SSSR count). The summed E-state index contributed by atoms with van der Waals surface area (Å²) < 4.78 is 6.09. The number of hydrogen-bond donors (Lipinski definition) is 1. The standard InChI is InChI=1S/C26H37NO/c1-7-10-21(6)27-25-18-24(12-11-20(25)5)23-13-14-26(22(9-3)17-23)28-16-15-19(4)8-2/h10-14,17-19,27H,7-9,15-16H2,1-6H3/b21-10-. The molecule has 1 unspecified atom stereocenters. The Labute approximate surface area is 172 Å². The first-order valence-electron chi connectivity index (χ1n) is 10.8. The van der Waals surface area contributed by atoms with Crippen molar-refractivity contribution >= 4 is 5.69 Å². The van der Waals surface area contributed by atoms with Crippen molar-refractivity contribution in [1.29, 1.82) is 0 Å². The lowest BCUT2D eigenvalue weighted by Crippen LogP contribution is -2.04. The molecular weight excluding hydrogens is 342 g/mol. The fourth-order valence-electron chi connectivity index (χ4n) is 3.26. The third kappa shape index (κ3) is 6.15. The molecule has 2 aromatic rings. The fraction of sp³-hybridized carbons (Fsp3) is 0.462. The van der Waals surface area contributed by atoms with Crippen molar-refractivity contribution in [2.45, 2.75) is 67.2 Å². The molecule has 0 saturated carbocycles. The molecule has 0 aliphatic carbocycles. The second kappa shape index (κ2) is 10.9. The molecule has 2 aromatic carbocycles. The molecule has 0 aliphatic heterocycles. The van der Waals surface area contributed by atoms with Crippen molar-refractivity contribution in [3.8, 4) is 16.9 Å². The topological polar surface area (TPSA) is 21.3 Å². The Morgan fingerprint density at radius 3 is 2.46 bits per heavy atom. The Balaban J connectivity index is 2.22. The molecule has 1 N–H and O–H groups in total. The van der Waals surface area contributed by atoms with Crippen LogP contribution in [0.2, 0.25) is 0 Å². The molecule has 152 valence electrons. The van der Waals surface area contributed by atoms with E-state index in [4.69, 9.17) is 4.74 Å². The number of anilines is 1. The number of rotatable bonds is 10. The summed E-state index contributed by atoms with van der Waals surface area (Å²) in [5, 5.41) is 3.54. The molecule has 0 bridgehead atoms. The van der Waals surface area contributed by atoms with Crippen LogP contribution >= 0.6 is 0 Å². The Bertz CT molecular complexity index is 791. The van der Waals surface area contributed by atoms with Gasteiger partial charge in [-0.1, -0.05) is 58.4 Å². The van der Waals surface area contributed by atoms with E-state index in [-0.39, 0.29) is 0 Å². The van der Waals surface area contributed by atoms with E-state index < -0.39 is 0 Å². The van der Waals surface area contributed by atoms with Crippen LogP contribution in [0.4, 0.5) is 5.69 Å². The van der Waals surface area contributed by atoms with Crippen LogP contribution in [0.15, 0.2) is 48.2 Å². The number of ether oxygens (including phenoxy) is 1. The molecule has 0 spiro atoms. The first kappa shape index (κ1) is 22.1. The monoisotopic (exact) mass is 379 g/mol. The van der Waals surface area contributed by atoms with Crippen molar-refractivity contribution in [3.63, 3.8) is 0 Å². The average Bonchev–Trinajstić information content (AvgIpc) is 2.69. The van der Waals surface area contributed by atoms with Gasteiger partial charge in [0.2, 0.25) is 0 Å². The molecule has 1 atom stereocenters. The van der Waals surface area contributed by atoms with Crippen molar-refractivity contribution in [3.05, 3.63) is 59.3 Å². The Kier molecular flexibility index (Phi) is 8.63. The summed E-state index contributed by atoms with van der Waals surface area (Å²) in [6.45, 7) is 13.9. The third-order valence-electron chi connectivity index (χ3n) is 5.42. The van der Waals surface area contributed by atoms with Gasteiger partial charge < -0.3 is 10.1 Å². The zero-order valence-corrected chi connectivity index (χ0v) is 18.6. The number of aryl methyl sites for hydroxylation is 2. The molecule has 2 heteroatoms. The third-order valence-corrected chi connectivity index (χ3v) is 5.42. The molecule has 0 saturated heterocycles. The predicted molar refractivity (Wildman–Crippen MR) is 123 cm³/mol. The molecule has 28 heavy (non-hydrogen) atoms. The van der Waals surface area contributed by atoms with Crippen LogP contribution in [0.1, 0.15) is 65.0 Å². The van der Waals surface area contributed by atoms with E-state index in [1.807, 2.05) is 0 Å². The van der Waals surface area contributed by atoms with Gasteiger partial charge in [0.15, 0.2) is 0 Å². The van der Waals surface area contributed by atoms with Crippen LogP contribution in [-0.4, -0.2) is 6.61 Å². The minimum atomic E-state index is 0.716. The van der Waals surface area contributed by atoms with Crippen LogP contribution in [0.3, 0.4) is 0 Å². The highest BCUT2D eigenvalue weighted by Gasteiger charge is 2.08. The zero-order valence-electron chi connectivity index (χ0n) is 18.6. The highest BCUT2D eigenvalue weighted by atomic mass is 16.5. The number of allylic oxidation sites excluding steroid dienone is 2. The van der Waals surface area contributed by atoms with Crippen LogP contribution < -0.4 is 10.1 Å².